The SMILES string of the molecule is C=C(C)CNC(N)=NCc1ccc(-c2nc3ccccc3s2)o1. The second-order valence-corrected chi connectivity index (χ2v) is 6.30. The van der Waals surface area contributed by atoms with E-state index in [1.165, 1.54) is 0 Å². The molecule has 0 aliphatic heterocycles. The molecule has 0 fully saturated rings. The van der Waals surface area contributed by atoms with E-state index in [-0.39, 0.29) is 0 Å². The maximum atomic E-state index is 5.82. The summed E-state index contributed by atoms with van der Waals surface area (Å²) in [6.45, 7) is 6.73. The number of furan rings is 1. The number of guanidine groups is 1. The molecule has 0 aliphatic rings. The van der Waals surface area contributed by atoms with E-state index < -0.39 is 0 Å². The number of hydrogen-bond donors (Lipinski definition) is 2. The van der Waals surface area contributed by atoms with E-state index in [1.54, 1.807) is 11.3 Å². The first-order valence-corrected chi connectivity index (χ1v) is 8.06. The summed E-state index contributed by atoms with van der Waals surface area (Å²) in [5, 5.41) is 3.86. The largest absolute Gasteiger partial charge is 0.457 e. The number of aliphatic imine (C=N–C) groups is 1. The number of nitrogens with zero attached hydrogens (tertiary/aromatic N) is 2. The molecule has 0 aliphatic carbocycles. The monoisotopic (exact) mass is 326 g/mol. The van der Waals surface area contributed by atoms with Crippen LogP contribution in [0.1, 0.15) is 12.7 Å². The van der Waals surface area contributed by atoms with Gasteiger partial charge < -0.3 is 15.5 Å². The fourth-order valence-electron chi connectivity index (χ4n) is 2.02. The zero-order chi connectivity index (χ0) is 16.2. The molecule has 118 valence electrons. The quantitative estimate of drug-likeness (QED) is 0.427. The van der Waals surface area contributed by atoms with E-state index in [1.807, 2.05) is 37.3 Å². The van der Waals surface area contributed by atoms with E-state index in [4.69, 9.17) is 10.2 Å². The number of hydrogen-bond acceptors (Lipinski definition) is 4. The molecule has 0 amide bonds. The molecule has 0 saturated heterocycles. The fraction of sp³-hybridized carbons (Fsp3) is 0.176. The molecule has 3 aromatic rings. The van der Waals surface area contributed by atoms with E-state index in [9.17, 15) is 0 Å². The molecule has 3 N–H and O–H groups in total. The molecule has 2 aromatic heterocycles. The molecule has 23 heavy (non-hydrogen) atoms. The molecule has 1 aromatic carbocycles. The fourth-order valence-corrected chi connectivity index (χ4v) is 2.94. The zero-order valence-corrected chi connectivity index (χ0v) is 13.7. The van der Waals surface area contributed by atoms with Crippen molar-refractivity contribution in [1.29, 1.82) is 0 Å². The summed E-state index contributed by atoms with van der Waals surface area (Å²) in [7, 11) is 0. The van der Waals surface area contributed by atoms with Gasteiger partial charge in [-0.1, -0.05) is 24.3 Å². The summed E-state index contributed by atoms with van der Waals surface area (Å²) >= 11 is 1.61. The molecule has 0 saturated carbocycles. The van der Waals surface area contributed by atoms with Crippen molar-refractivity contribution in [3.8, 4) is 10.8 Å². The molecular formula is C17H18N4OS. The first kappa shape index (κ1) is 15.3. The summed E-state index contributed by atoms with van der Waals surface area (Å²) in [4.78, 5) is 8.83. The number of para-hydroxylation sites is 1. The predicted molar refractivity (Wildman–Crippen MR) is 95.5 cm³/mol. The minimum Gasteiger partial charge on any atom is -0.457 e. The van der Waals surface area contributed by atoms with E-state index in [2.05, 4.69) is 27.9 Å². The third-order valence-electron chi connectivity index (χ3n) is 3.14. The smallest absolute Gasteiger partial charge is 0.189 e. The molecule has 5 nitrogen and oxygen atoms in total. The summed E-state index contributed by atoms with van der Waals surface area (Å²) in [5.41, 5.74) is 7.77. The van der Waals surface area contributed by atoms with Crippen molar-refractivity contribution < 1.29 is 4.42 Å². The third kappa shape index (κ3) is 3.78. The van der Waals surface area contributed by atoms with Crippen molar-refractivity contribution in [3.05, 3.63) is 54.3 Å². The van der Waals surface area contributed by atoms with Gasteiger partial charge in [0.25, 0.3) is 0 Å². The Morgan fingerprint density at radius 2 is 2.17 bits per heavy atom. The molecule has 0 radical (unpaired) electrons. The summed E-state index contributed by atoms with van der Waals surface area (Å²) in [6.07, 6.45) is 0. The second kappa shape index (κ2) is 6.66. The second-order valence-electron chi connectivity index (χ2n) is 5.26. The van der Waals surface area contributed by atoms with Crippen molar-refractivity contribution in [1.82, 2.24) is 10.3 Å². The van der Waals surface area contributed by atoms with Crippen LogP contribution in [-0.2, 0) is 6.54 Å². The van der Waals surface area contributed by atoms with Crippen LogP contribution in [0.25, 0.3) is 21.0 Å². The van der Waals surface area contributed by atoms with Crippen LogP contribution in [0.4, 0.5) is 0 Å². The van der Waals surface area contributed by atoms with Crippen LogP contribution in [0.2, 0.25) is 0 Å². The van der Waals surface area contributed by atoms with Gasteiger partial charge in [-0.15, -0.1) is 11.3 Å². The number of benzene rings is 1. The Hall–Kier alpha value is -2.60. The molecule has 0 bridgehead atoms. The Balaban J connectivity index is 1.70. The Bertz CT molecular complexity index is 829. The van der Waals surface area contributed by atoms with Gasteiger partial charge in [-0.05, 0) is 31.2 Å². The van der Waals surface area contributed by atoms with Gasteiger partial charge in [-0.25, -0.2) is 9.98 Å². The van der Waals surface area contributed by atoms with Crippen LogP contribution in [0.5, 0.6) is 0 Å². The molecular weight excluding hydrogens is 308 g/mol. The van der Waals surface area contributed by atoms with Crippen LogP contribution in [0.15, 0.2) is 58.0 Å². The van der Waals surface area contributed by atoms with Gasteiger partial charge in [0, 0.05) is 6.54 Å². The maximum absolute atomic E-state index is 5.82. The summed E-state index contributed by atoms with van der Waals surface area (Å²) < 4.78 is 6.96. The highest BCUT2D eigenvalue weighted by atomic mass is 32.1. The minimum absolute atomic E-state index is 0.380. The van der Waals surface area contributed by atoms with Gasteiger partial charge in [0.2, 0.25) is 0 Å². The van der Waals surface area contributed by atoms with Crippen molar-refractivity contribution in [2.75, 3.05) is 6.54 Å². The lowest BCUT2D eigenvalue weighted by atomic mass is 10.3. The van der Waals surface area contributed by atoms with Crippen LogP contribution in [-0.4, -0.2) is 17.5 Å². The highest BCUT2D eigenvalue weighted by molar-refractivity contribution is 7.21. The zero-order valence-electron chi connectivity index (χ0n) is 12.9. The number of nitrogens with one attached hydrogen (secondary N) is 1. The Kier molecular flexibility index (Phi) is 4.43. The predicted octanol–water partition coefficient (Wildman–Crippen LogP) is 3.54. The van der Waals surface area contributed by atoms with Crippen molar-refractivity contribution >= 4 is 27.5 Å². The van der Waals surface area contributed by atoms with Crippen LogP contribution < -0.4 is 11.1 Å². The molecule has 6 heteroatoms. The number of nitrogens with two attached hydrogens (primary N) is 1. The molecule has 0 spiro atoms. The standard InChI is InChI=1S/C17H18N4OS/c1-11(2)9-19-17(18)20-10-12-7-8-14(22-12)16-21-13-5-3-4-6-15(13)23-16/h3-8H,1,9-10H2,2H3,(H3,18,19,20). The number of thiazole rings is 1. The van der Waals surface area contributed by atoms with Crippen LogP contribution >= 0.6 is 11.3 Å². The van der Waals surface area contributed by atoms with Crippen molar-refractivity contribution in [3.63, 3.8) is 0 Å². The lowest BCUT2D eigenvalue weighted by Crippen LogP contribution is -2.32. The van der Waals surface area contributed by atoms with Gasteiger partial charge in [-0.2, -0.15) is 0 Å². The van der Waals surface area contributed by atoms with Gasteiger partial charge in [-0.3, -0.25) is 0 Å². The first-order chi connectivity index (χ1) is 11.1. The highest BCUT2D eigenvalue weighted by Gasteiger charge is 2.10. The summed E-state index contributed by atoms with van der Waals surface area (Å²) in [5.74, 6) is 1.88. The lowest BCUT2D eigenvalue weighted by molar-refractivity contribution is 0.525. The Morgan fingerprint density at radius 3 is 2.96 bits per heavy atom. The van der Waals surface area contributed by atoms with E-state index in [0.29, 0.717) is 19.0 Å². The number of rotatable bonds is 5. The average Bonchev–Trinajstić information content (AvgIpc) is 3.16. The van der Waals surface area contributed by atoms with Gasteiger partial charge >= 0.3 is 0 Å². The van der Waals surface area contributed by atoms with Gasteiger partial charge in [0.15, 0.2) is 16.7 Å². The first-order valence-electron chi connectivity index (χ1n) is 7.24. The van der Waals surface area contributed by atoms with Gasteiger partial charge in [0.05, 0.1) is 10.2 Å². The summed E-state index contributed by atoms with van der Waals surface area (Å²) in [6, 6.07) is 11.9. The molecule has 3 rings (SSSR count). The number of aromatic nitrogens is 1. The highest BCUT2D eigenvalue weighted by Crippen LogP contribution is 2.31. The number of fused-ring (bicyclic) bond motifs is 1. The average molecular weight is 326 g/mol. The van der Waals surface area contributed by atoms with Crippen molar-refractivity contribution in [2.45, 2.75) is 13.5 Å². The lowest BCUT2D eigenvalue weighted by Gasteiger charge is -2.03. The Labute approximate surface area is 138 Å². The van der Waals surface area contributed by atoms with Gasteiger partial charge in [0.1, 0.15) is 12.3 Å². The molecule has 2 heterocycles. The molecule has 0 unspecified atom stereocenters. The topological polar surface area (TPSA) is 76.4 Å². The van der Waals surface area contributed by atoms with Crippen molar-refractivity contribution in [2.24, 2.45) is 10.7 Å². The maximum Gasteiger partial charge on any atom is 0.189 e. The third-order valence-corrected chi connectivity index (χ3v) is 4.19. The van der Waals surface area contributed by atoms with E-state index in [0.717, 1.165) is 32.3 Å². The Morgan fingerprint density at radius 1 is 1.35 bits per heavy atom. The van der Waals surface area contributed by atoms with Crippen LogP contribution in [0.3, 0.4) is 0 Å². The normalized spacial score (nSPS) is 11.8. The molecule has 0 atom stereocenters. The minimum atomic E-state index is 0.380. The van der Waals surface area contributed by atoms with Crippen LogP contribution in [0, 0.1) is 0 Å². The van der Waals surface area contributed by atoms with E-state index >= 15 is 0 Å².